The summed E-state index contributed by atoms with van der Waals surface area (Å²) < 4.78 is 0. The quantitative estimate of drug-likeness (QED) is 0.826. The van der Waals surface area contributed by atoms with Crippen molar-refractivity contribution in [2.75, 3.05) is 43.8 Å². The zero-order chi connectivity index (χ0) is 15.4. The number of rotatable bonds is 4. The number of carbonyl (C=O) groups is 1. The lowest BCUT2D eigenvalue weighted by Gasteiger charge is -2.36. The van der Waals surface area contributed by atoms with Gasteiger partial charge in [-0.05, 0) is 32.4 Å². The van der Waals surface area contributed by atoms with Gasteiger partial charge in [0.25, 0.3) is 0 Å². The number of amides is 1. The van der Waals surface area contributed by atoms with Crippen molar-refractivity contribution in [2.24, 2.45) is 0 Å². The Morgan fingerprint density at radius 1 is 1.29 bits per heavy atom. The third-order valence-corrected chi connectivity index (χ3v) is 4.07. The zero-order valence-corrected chi connectivity index (χ0v) is 13.2. The van der Waals surface area contributed by atoms with Crippen molar-refractivity contribution in [1.29, 1.82) is 0 Å². The topological polar surface area (TPSA) is 61.6 Å². The SMILES string of the molecule is Cc1cccc(N)c1NC(=O)CN1CCN(C(C)C)CC1. The molecule has 1 aromatic rings. The van der Waals surface area contributed by atoms with Crippen molar-refractivity contribution in [3.05, 3.63) is 23.8 Å². The molecule has 5 heteroatoms. The lowest BCUT2D eigenvalue weighted by molar-refractivity contribution is -0.117. The van der Waals surface area contributed by atoms with Gasteiger partial charge in [0, 0.05) is 32.2 Å². The number of para-hydroxylation sites is 1. The molecular formula is C16H26N4O. The Balaban J connectivity index is 1.86. The van der Waals surface area contributed by atoms with Crippen LogP contribution in [0, 0.1) is 6.92 Å². The first kappa shape index (κ1) is 15.8. The van der Waals surface area contributed by atoms with Crippen molar-refractivity contribution in [2.45, 2.75) is 26.8 Å². The molecule has 0 bridgehead atoms. The summed E-state index contributed by atoms with van der Waals surface area (Å²) in [5.41, 5.74) is 8.27. The highest BCUT2D eigenvalue weighted by molar-refractivity contribution is 5.96. The molecule has 116 valence electrons. The van der Waals surface area contributed by atoms with E-state index in [1.807, 2.05) is 25.1 Å². The Morgan fingerprint density at radius 2 is 1.95 bits per heavy atom. The maximum atomic E-state index is 12.2. The summed E-state index contributed by atoms with van der Waals surface area (Å²) in [6, 6.07) is 6.23. The van der Waals surface area contributed by atoms with E-state index in [2.05, 4.69) is 29.0 Å². The normalized spacial score (nSPS) is 17.1. The number of nitrogens with two attached hydrogens (primary N) is 1. The Kier molecular flexibility index (Phi) is 5.20. The van der Waals surface area contributed by atoms with E-state index in [0.717, 1.165) is 37.4 Å². The minimum absolute atomic E-state index is 0.00833. The molecule has 1 fully saturated rings. The molecule has 0 radical (unpaired) electrons. The number of piperazine rings is 1. The minimum atomic E-state index is 0.00833. The summed E-state index contributed by atoms with van der Waals surface area (Å²) in [6.07, 6.45) is 0. The van der Waals surface area contributed by atoms with Crippen LogP contribution in [0.3, 0.4) is 0 Å². The smallest absolute Gasteiger partial charge is 0.238 e. The summed E-state index contributed by atoms with van der Waals surface area (Å²) in [6.45, 7) is 10.7. The van der Waals surface area contributed by atoms with Crippen LogP contribution in [0.25, 0.3) is 0 Å². The fourth-order valence-electron chi connectivity index (χ4n) is 2.68. The zero-order valence-electron chi connectivity index (χ0n) is 13.2. The van der Waals surface area contributed by atoms with Crippen molar-refractivity contribution < 1.29 is 4.79 Å². The van der Waals surface area contributed by atoms with Crippen LogP contribution in [0.5, 0.6) is 0 Å². The van der Waals surface area contributed by atoms with Gasteiger partial charge in [0.15, 0.2) is 0 Å². The summed E-state index contributed by atoms with van der Waals surface area (Å²) >= 11 is 0. The van der Waals surface area contributed by atoms with Crippen molar-refractivity contribution in [3.8, 4) is 0 Å². The average molecular weight is 290 g/mol. The molecule has 0 saturated carbocycles. The van der Waals surface area contributed by atoms with Gasteiger partial charge in [-0.25, -0.2) is 0 Å². The fourth-order valence-corrected chi connectivity index (χ4v) is 2.68. The first-order chi connectivity index (χ1) is 9.97. The van der Waals surface area contributed by atoms with Crippen LogP contribution in [0.1, 0.15) is 19.4 Å². The molecule has 1 aliphatic heterocycles. The molecular weight excluding hydrogens is 264 g/mol. The first-order valence-corrected chi connectivity index (χ1v) is 7.58. The summed E-state index contributed by atoms with van der Waals surface area (Å²) in [5.74, 6) is 0.00833. The number of hydrogen-bond acceptors (Lipinski definition) is 4. The number of anilines is 2. The van der Waals surface area contributed by atoms with E-state index in [0.29, 0.717) is 18.3 Å². The highest BCUT2D eigenvalue weighted by Gasteiger charge is 2.20. The molecule has 0 aromatic heterocycles. The molecule has 1 heterocycles. The number of benzene rings is 1. The molecule has 21 heavy (non-hydrogen) atoms. The number of carbonyl (C=O) groups excluding carboxylic acids is 1. The van der Waals surface area contributed by atoms with Gasteiger partial charge < -0.3 is 11.1 Å². The number of hydrogen-bond donors (Lipinski definition) is 2. The van der Waals surface area contributed by atoms with Gasteiger partial charge >= 0.3 is 0 Å². The second kappa shape index (κ2) is 6.91. The molecule has 1 saturated heterocycles. The number of nitrogens with one attached hydrogen (secondary N) is 1. The fraction of sp³-hybridized carbons (Fsp3) is 0.562. The van der Waals surface area contributed by atoms with Crippen LogP contribution >= 0.6 is 0 Å². The summed E-state index contributed by atoms with van der Waals surface area (Å²) in [5, 5.41) is 2.94. The lowest BCUT2D eigenvalue weighted by Crippen LogP contribution is -2.50. The highest BCUT2D eigenvalue weighted by Crippen LogP contribution is 2.22. The molecule has 0 atom stereocenters. The van der Waals surface area contributed by atoms with Crippen LogP contribution in [0.2, 0.25) is 0 Å². The maximum absolute atomic E-state index is 12.2. The standard InChI is InChI=1S/C16H26N4O/c1-12(2)20-9-7-19(8-10-20)11-15(21)18-16-13(3)5-4-6-14(16)17/h4-6,12H,7-11,17H2,1-3H3,(H,18,21). The Labute approximate surface area is 127 Å². The second-order valence-corrected chi connectivity index (χ2v) is 5.99. The molecule has 1 aliphatic rings. The van der Waals surface area contributed by atoms with Crippen LogP contribution in [-0.2, 0) is 4.79 Å². The Bertz CT molecular complexity index is 473. The van der Waals surface area contributed by atoms with Crippen LogP contribution in [0.4, 0.5) is 11.4 Å². The van der Waals surface area contributed by atoms with E-state index >= 15 is 0 Å². The number of nitrogen functional groups attached to an aromatic ring is 1. The Hall–Kier alpha value is -1.59. The average Bonchev–Trinajstić information content (AvgIpc) is 2.43. The summed E-state index contributed by atoms with van der Waals surface area (Å²) in [4.78, 5) is 16.8. The predicted octanol–water partition coefficient (Wildman–Crippen LogP) is 1.54. The Morgan fingerprint density at radius 3 is 2.52 bits per heavy atom. The largest absolute Gasteiger partial charge is 0.397 e. The van der Waals surface area contributed by atoms with E-state index < -0.39 is 0 Å². The third kappa shape index (κ3) is 4.19. The monoisotopic (exact) mass is 290 g/mol. The van der Waals surface area contributed by atoms with Gasteiger partial charge in [-0.3, -0.25) is 14.6 Å². The van der Waals surface area contributed by atoms with Gasteiger partial charge in [0.1, 0.15) is 0 Å². The molecule has 1 aromatic carbocycles. The van der Waals surface area contributed by atoms with Crippen LogP contribution in [-0.4, -0.2) is 54.5 Å². The number of nitrogens with zero attached hydrogens (tertiary/aromatic N) is 2. The highest BCUT2D eigenvalue weighted by atomic mass is 16.2. The molecule has 0 aliphatic carbocycles. The van der Waals surface area contributed by atoms with Gasteiger partial charge in [-0.15, -0.1) is 0 Å². The first-order valence-electron chi connectivity index (χ1n) is 7.58. The van der Waals surface area contributed by atoms with Crippen molar-refractivity contribution in [1.82, 2.24) is 9.80 Å². The molecule has 5 nitrogen and oxygen atoms in total. The van der Waals surface area contributed by atoms with Gasteiger partial charge in [0.2, 0.25) is 5.91 Å². The number of aryl methyl sites for hydroxylation is 1. The van der Waals surface area contributed by atoms with Crippen molar-refractivity contribution >= 4 is 17.3 Å². The van der Waals surface area contributed by atoms with E-state index in [4.69, 9.17) is 5.73 Å². The molecule has 3 N–H and O–H groups in total. The lowest BCUT2D eigenvalue weighted by atomic mass is 10.1. The van der Waals surface area contributed by atoms with Gasteiger partial charge in [0.05, 0.1) is 17.9 Å². The van der Waals surface area contributed by atoms with E-state index in [1.54, 1.807) is 0 Å². The second-order valence-electron chi connectivity index (χ2n) is 5.99. The van der Waals surface area contributed by atoms with Crippen LogP contribution in [0.15, 0.2) is 18.2 Å². The van der Waals surface area contributed by atoms with E-state index in [1.165, 1.54) is 0 Å². The molecule has 0 unspecified atom stereocenters. The molecule has 1 amide bonds. The summed E-state index contributed by atoms with van der Waals surface area (Å²) in [7, 11) is 0. The van der Waals surface area contributed by atoms with Crippen molar-refractivity contribution in [3.63, 3.8) is 0 Å². The molecule has 2 rings (SSSR count). The van der Waals surface area contributed by atoms with Gasteiger partial charge in [-0.2, -0.15) is 0 Å². The molecule has 0 spiro atoms. The predicted molar refractivity (Wildman–Crippen MR) is 87.4 cm³/mol. The van der Waals surface area contributed by atoms with Gasteiger partial charge in [-0.1, -0.05) is 12.1 Å². The maximum Gasteiger partial charge on any atom is 0.238 e. The minimum Gasteiger partial charge on any atom is -0.397 e. The van der Waals surface area contributed by atoms with E-state index in [9.17, 15) is 4.79 Å². The third-order valence-electron chi connectivity index (χ3n) is 4.07. The van der Waals surface area contributed by atoms with Crippen LogP contribution < -0.4 is 11.1 Å². The van der Waals surface area contributed by atoms with E-state index in [-0.39, 0.29) is 5.91 Å².